The Balaban J connectivity index is 1.68. The lowest BCUT2D eigenvalue weighted by Gasteiger charge is -2.05. The summed E-state index contributed by atoms with van der Waals surface area (Å²) in [4.78, 5) is 11.7. The van der Waals surface area contributed by atoms with E-state index < -0.39 is 0 Å². The van der Waals surface area contributed by atoms with Crippen molar-refractivity contribution in [3.8, 4) is 0 Å². The molecule has 0 atom stereocenters. The van der Waals surface area contributed by atoms with Crippen LogP contribution in [0.2, 0.25) is 0 Å². The molecular formula is C15H18N2O2S. The van der Waals surface area contributed by atoms with Gasteiger partial charge in [0.1, 0.15) is 5.76 Å². The lowest BCUT2D eigenvalue weighted by Crippen LogP contribution is -2.12. The number of aromatic nitrogens is 1. The summed E-state index contributed by atoms with van der Waals surface area (Å²) in [5.74, 6) is 2.86. The first-order valence-corrected chi connectivity index (χ1v) is 7.66. The summed E-state index contributed by atoms with van der Waals surface area (Å²) in [5, 5.41) is 6.45. The van der Waals surface area contributed by atoms with E-state index in [2.05, 4.69) is 29.5 Å². The van der Waals surface area contributed by atoms with Crippen LogP contribution in [0, 0.1) is 13.8 Å². The molecule has 0 aliphatic heterocycles. The highest BCUT2D eigenvalue weighted by molar-refractivity contribution is 7.98. The predicted octanol–water partition coefficient (Wildman–Crippen LogP) is 3.55. The van der Waals surface area contributed by atoms with Gasteiger partial charge in [-0.1, -0.05) is 29.4 Å². The van der Waals surface area contributed by atoms with Crippen LogP contribution >= 0.6 is 11.8 Å². The number of aryl methyl sites for hydroxylation is 2. The highest BCUT2D eigenvalue weighted by Gasteiger charge is 2.06. The van der Waals surface area contributed by atoms with Gasteiger partial charge in [-0.15, -0.1) is 0 Å². The molecule has 1 heterocycles. The maximum absolute atomic E-state index is 11.7. The zero-order valence-corrected chi connectivity index (χ0v) is 12.5. The molecule has 0 radical (unpaired) electrons. The van der Waals surface area contributed by atoms with Crippen molar-refractivity contribution >= 4 is 23.5 Å². The average molecular weight is 290 g/mol. The Morgan fingerprint density at radius 3 is 2.85 bits per heavy atom. The first kappa shape index (κ1) is 14.7. The molecular weight excluding hydrogens is 272 g/mol. The first-order chi connectivity index (χ1) is 9.65. The molecule has 1 aromatic carbocycles. The van der Waals surface area contributed by atoms with Crippen LogP contribution in [0.4, 0.5) is 5.82 Å². The summed E-state index contributed by atoms with van der Waals surface area (Å²) < 4.78 is 4.89. The summed E-state index contributed by atoms with van der Waals surface area (Å²) in [6, 6.07) is 10.0. The quantitative estimate of drug-likeness (QED) is 0.827. The third-order valence-electron chi connectivity index (χ3n) is 2.89. The van der Waals surface area contributed by atoms with Crippen LogP contribution in [-0.4, -0.2) is 16.8 Å². The molecule has 0 aliphatic rings. The number of amides is 1. The standard InChI is InChI=1S/C15H18N2O2S/c1-11-5-3-4-6-13(11)10-20-8-7-15(18)16-14-9-12(2)19-17-14/h3-6,9H,7-8,10H2,1-2H3,(H,16,17,18). The molecule has 1 amide bonds. The summed E-state index contributed by atoms with van der Waals surface area (Å²) >= 11 is 1.76. The highest BCUT2D eigenvalue weighted by atomic mass is 32.2. The molecule has 0 saturated heterocycles. The van der Waals surface area contributed by atoms with Crippen molar-refractivity contribution in [1.82, 2.24) is 5.16 Å². The number of nitrogens with zero attached hydrogens (tertiary/aromatic N) is 1. The van der Waals surface area contributed by atoms with Gasteiger partial charge >= 0.3 is 0 Å². The van der Waals surface area contributed by atoms with E-state index in [0.29, 0.717) is 18.0 Å². The van der Waals surface area contributed by atoms with E-state index in [-0.39, 0.29) is 5.91 Å². The molecule has 20 heavy (non-hydrogen) atoms. The van der Waals surface area contributed by atoms with E-state index in [1.165, 1.54) is 11.1 Å². The Bertz CT molecular complexity index is 581. The molecule has 0 spiro atoms. The molecule has 4 nitrogen and oxygen atoms in total. The smallest absolute Gasteiger partial charge is 0.226 e. The number of anilines is 1. The van der Waals surface area contributed by atoms with Gasteiger partial charge in [-0.25, -0.2) is 0 Å². The second kappa shape index (κ2) is 7.14. The lowest BCUT2D eigenvalue weighted by molar-refractivity contribution is -0.115. The van der Waals surface area contributed by atoms with Gasteiger partial charge in [-0.2, -0.15) is 11.8 Å². The molecule has 0 bridgehead atoms. The van der Waals surface area contributed by atoms with Gasteiger partial charge in [0.15, 0.2) is 5.82 Å². The topological polar surface area (TPSA) is 55.1 Å². The van der Waals surface area contributed by atoms with Crippen LogP contribution < -0.4 is 5.32 Å². The minimum absolute atomic E-state index is 0.0319. The Hall–Kier alpha value is -1.75. The molecule has 1 aromatic heterocycles. The van der Waals surface area contributed by atoms with Crippen molar-refractivity contribution in [2.45, 2.75) is 26.0 Å². The molecule has 0 aliphatic carbocycles. The van der Waals surface area contributed by atoms with Gasteiger partial charge in [0.2, 0.25) is 5.91 Å². The molecule has 106 valence electrons. The third-order valence-corrected chi connectivity index (χ3v) is 3.90. The number of carbonyl (C=O) groups excluding carboxylic acids is 1. The van der Waals surface area contributed by atoms with E-state index in [4.69, 9.17) is 4.52 Å². The second-order valence-electron chi connectivity index (χ2n) is 4.60. The monoisotopic (exact) mass is 290 g/mol. The zero-order chi connectivity index (χ0) is 14.4. The SMILES string of the molecule is Cc1cc(NC(=O)CCSCc2ccccc2C)no1. The minimum atomic E-state index is -0.0319. The van der Waals surface area contributed by atoms with Crippen molar-refractivity contribution < 1.29 is 9.32 Å². The van der Waals surface area contributed by atoms with Crippen LogP contribution in [-0.2, 0) is 10.5 Å². The largest absolute Gasteiger partial charge is 0.360 e. The molecule has 2 rings (SSSR count). The summed E-state index contributed by atoms with van der Waals surface area (Å²) in [6.07, 6.45) is 0.475. The van der Waals surface area contributed by atoms with Gasteiger partial charge in [0.25, 0.3) is 0 Å². The van der Waals surface area contributed by atoms with Gasteiger partial charge in [0.05, 0.1) is 0 Å². The summed E-state index contributed by atoms with van der Waals surface area (Å²) in [6.45, 7) is 3.90. The van der Waals surface area contributed by atoms with Gasteiger partial charge in [-0.3, -0.25) is 4.79 Å². The molecule has 0 unspecified atom stereocenters. The Labute approximate surface area is 122 Å². The lowest BCUT2D eigenvalue weighted by atomic mass is 10.1. The van der Waals surface area contributed by atoms with E-state index in [1.54, 1.807) is 24.8 Å². The molecule has 2 aromatic rings. The Morgan fingerprint density at radius 1 is 1.35 bits per heavy atom. The van der Waals surface area contributed by atoms with E-state index in [0.717, 1.165) is 11.5 Å². The number of hydrogen-bond donors (Lipinski definition) is 1. The average Bonchev–Trinajstić information content (AvgIpc) is 2.82. The normalized spacial score (nSPS) is 10.5. The zero-order valence-electron chi connectivity index (χ0n) is 11.7. The third kappa shape index (κ3) is 4.42. The van der Waals surface area contributed by atoms with Gasteiger partial charge in [-0.05, 0) is 25.0 Å². The maximum atomic E-state index is 11.7. The van der Waals surface area contributed by atoms with E-state index >= 15 is 0 Å². The first-order valence-electron chi connectivity index (χ1n) is 6.50. The minimum Gasteiger partial charge on any atom is -0.360 e. The fourth-order valence-corrected chi connectivity index (χ4v) is 2.77. The highest BCUT2D eigenvalue weighted by Crippen LogP contribution is 2.16. The van der Waals surface area contributed by atoms with Crippen molar-refractivity contribution in [1.29, 1.82) is 0 Å². The van der Waals surface area contributed by atoms with Crippen molar-refractivity contribution in [2.75, 3.05) is 11.1 Å². The van der Waals surface area contributed by atoms with Gasteiger partial charge in [0, 0.05) is 24.0 Å². The Kier molecular flexibility index (Phi) is 5.24. The van der Waals surface area contributed by atoms with E-state index in [9.17, 15) is 4.79 Å². The van der Waals surface area contributed by atoms with Crippen LogP contribution in [0.25, 0.3) is 0 Å². The van der Waals surface area contributed by atoms with Gasteiger partial charge < -0.3 is 9.84 Å². The predicted molar refractivity (Wildman–Crippen MR) is 81.8 cm³/mol. The number of hydrogen-bond acceptors (Lipinski definition) is 4. The van der Waals surface area contributed by atoms with Crippen LogP contribution in [0.5, 0.6) is 0 Å². The van der Waals surface area contributed by atoms with Crippen LogP contribution in [0.15, 0.2) is 34.9 Å². The second-order valence-corrected chi connectivity index (χ2v) is 5.71. The fourth-order valence-electron chi connectivity index (χ4n) is 1.75. The Morgan fingerprint density at radius 2 is 2.15 bits per heavy atom. The maximum Gasteiger partial charge on any atom is 0.226 e. The number of benzene rings is 1. The number of carbonyl (C=O) groups is 1. The van der Waals surface area contributed by atoms with Crippen molar-refractivity contribution in [3.63, 3.8) is 0 Å². The molecule has 5 heteroatoms. The summed E-state index contributed by atoms with van der Waals surface area (Å²) in [7, 11) is 0. The van der Waals surface area contributed by atoms with Crippen LogP contribution in [0.3, 0.4) is 0 Å². The van der Waals surface area contributed by atoms with E-state index in [1.807, 2.05) is 12.1 Å². The summed E-state index contributed by atoms with van der Waals surface area (Å²) in [5.41, 5.74) is 2.62. The van der Waals surface area contributed by atoms with Crippen molar-refractivity contribution in [3.05, 3.63) is 47.2 Å². The molecule has 1 N–H and O–H groups in total. The fraction of sp³-hybridized carbons (Fsp3) is 0.333. The van der Waals surface area contributed by atoms with Crippen LogP contribution in [0.1, 0.15) is 23.3 Å². The number of rotatable bonds is 6. The van der Waals surface area contributed by atoms with Crippen molar-refractivity contribution in [2.24, 2.45) is 0 Å². The number of thioether (sulfide) groups is 1. The number of nitrogens with one attached hydrogen (secondary N) is 1. The molecule has 0 fully saturated rings. The molecule has 0 saturated carbocycles.